The highest BCUT2D eigenvalue weighted by Gasteiger charge is 2.26. The monoisotopic (exact) mass is 226 g/mol. The third kappa shape index (κ3) is 1.81. The highest BCUT2D eigenvalue weighted by molar-refractivity contribution is 4.88. The lowest BCUT2D eigenvalue weighted by Crippen LogP contribution is -2.38. The first-order valence-corrected chi connectivity index (χ1v) is 5.18. The lowest BCUT2D eigenvalue weighted by Gasteiger charge is -2.15. The van der Waals surface area contributed by atoms with E-state index in [0.717, 1.165) is 11.0 Å². The molecular weight excluding hydrogens is 212 g/mol. The standard InChI is InChI=1S/C10H14N2O4/c1-11-8(14)4-5-12(10(11)15)9-3-2-7(6-13)16-9/h4-5,7,9,13H,2-3,6H2,1H3/t7?,9-/m1/s1. The van der Waals surface area contributed by atoms with Gasteiger partial charge in [-0.25, -0.2) is 4.79 Å². The first kappa shape index (κ1) is 11.1. The van der Waals surface area contributed by atoms with Crippen LogP contribution in [0, 0.1) is 0 Å². The molecule has 88 valence electrons. The third-order valence-electron chi connectivity index (χ3n) is 2.82. The van der Waals surface area contributed by atoms with Gasteiger partial charge in [-0.05, 0) is 12.8 Å². The van der Waals surface area contributed by atoms with Crippen molar-refractivity contribution in [3.8, 4) is 0 Å². The van der Waals surface area contributed by atoms with Crippen LogP contribution in [0.25, 0.3) is 0 Å². The molecule has 1 aliphatic heterocycles. The summed E-state index contributed by atoms with van der Waals surface area (Å²) in [6, 6.07) is 1.33. The van der Waals surface area contributed by atoms with Crippen molar-refractivity contribution in [2.75, 3.05) is 6.61 Å². The van der Waals surface area contributed by atoms with Gasteiger partial charge in [-0.15, -0.1) is 0 Å². The molecule has 1 saturated heterocycles. The van der Waals surface area contributed by atoms with E-state index < -0.39 is 5.69 Å². The molecule has 1 aromatic rings. The first-order chi connectivity index (χ1) is 7.63. The zero-order valence-corrected chi connectivity index (χ0v) is 9.00. The van der Waals surface area contributed by atoms with Gasteiger partial charge in [-0.3, -0.25) is 13.9 Å². The van der Waals surface area contributed by atoms with Crippen molar-refractivity contribution in [1.29, 1.82) is 0 Å². The molecule has 0 bridgehead atoms. The minimum atomic E-state index is -0.393. The Kier molecular flexibility index (Phi) is 2.93. The average molecular weight is 226 g/mol. The summed E-state index contributed by atoms with van der Waals surface area (Å²) in [5.74, 6) is 0. The molecule has 2 heterocycles. The fraction of sp³-hybridized carbons (Fsp3) is 0.600. The SMILES string of the molecule is Cn1c(=O)ccn([C@H]2CCC(CO)O2)c1=O. The van der Waals surface area contributed by atoms with Gasteiger partial charge in [0.2, 0.25) is 0 Å². The van der Waals surface area contributed by atoms with Gasteiger partial charge in [0.25, 0.3) is 5.56 Å². The average Bonchev–Trinajstić information content (AvgIpc) is 2.74. The molecule has 0 radical (unpaired) electrons. The Morgan fingerprint density at radius 1 is 1.50 bits per heavy atom. The van der Waals surface area contributed by atoms with Crippen molar-refractivity contribution < 1.29 is 9.84 Å². The fourth-order valence-electron chi connectivity index (χ4n) is 1.83. The minimum absolute atomic E-state index is 0.0446. The summed E-state index contributed by atoms with van der Waals surface area (Å²) in [6.07, 6.45) is 2.24. The van der Waals surface area contributed by atoms with E-state index in [2.05, 4.69) is 0 Å². The lowest BCUT2D eigenvalue weighted by atomic mass is 10.2. The van der Waals surface area contributed by atoms with Crippen molar-refractivity contribution in [2.45, 2.75) is 25.2 Å². The number of hydrogen-bond donors (Lipinski definition) is 1. The second-order valence-electron chi connectivity index (χ2n) is 3.88. The number of aromatic nitrogens is 2. The van der Waals surface area contributed by atoms with Crippen LogP contribution in [0.3, 0.4) is 0 Å². The Morgan fingerprint density at radius 2 is 2.25 bits per heavy atom. The molecule has 6 nitrogen and oxygen atoms in total. The predicted molar refractivity (Wildman–Crippen MR) is 56.2 cm³/mol. The van der Waals surface area contributed by atoms with Crippen LogP contribution >= 0.6 is 0 Å². The number of rotatable bonds is 2. The second kappa shape index (κ2) is 4.23. The molecule has 2 rings (SSSR count). The highest BCUT2D eigenvalue weighted by Crippen LogP contribution is 2.26. The van der Waals surface area contributed by atoms with Crippen molar-refractivity contribution in [2.24, 2.45) is 7.05 Å². The molecule has 0 aromatic carbocycles. The van der Waals surface area contributed by atoms with E-state index in [9.17, 15) is 9.59 Å². The fourth-order valence-corrected chi connectivity index (χ4v) is 1.83. The molecule has 1 aromatic heterocycles. The van der Waals surface area contributed by atoms with Gasteiger partial charge in [-0.2, -0.15) is 0 Å². The Bertz CT molecular complexity index is 490. The van der Waals surface area contributed by atoms with Gasteiger partial charge in [0.05, 0.1) is 12.7 Å². The van der Waals surface area contributed by atoms with Gasteiger partial charge >= 0.3 is 5.69 Å². The molecule has 1 aliphatic rings. The van der Waals surface area contributed by atoms with Crippen LogP contribution in [0.15, 0.2) is 21.9 Å². The van der Waals surface area contributed by atoms with Gasteiger partial charge in [0.15, 0.2) is 0 Å². The summed E-state index contributed by atoms with van der Waals surface area (Å²) >= 11 is 0. The smallest absolute Gasteiger partial charge is 0.332 e. The van der Waals surface area contributed by atoms with Gasteiger partial charge in [-0.1, -0.05) is 0 Å². The van der Waals surface area contributed by atoms with Gasteiger partial charge < -0.3 is 9.84 Å². The number of ether oxygens (including phenoxy) is 1. The normalized spacial score (nSPS) is 24.9. The molecule has 1 N–H and O–H groups in total. The van der Waals surface area contributed by atoms with Crippen molar-refractivity contribution in [1.82, 2.24) is 9.13 Å². The summed E-state index contributed by atoms with van der Waals surface area (Å²) in [6.45, 7) is -0.0446. The van der Waals surface area contributed by atoms with Crippen molar-refractivity contribution >= 4 is 0 Å². The summed E-state index contributed by atoms with van der Waals surface area (Å²) in [7, 11) is 1.43. The Balaban J connectivity index is 2.33. The topological polar surface area (TPSA) is 73.5 Å². The van der Waals surface area contributed by atoms with E-state index in [4.69, 9.17) is 9.84 Å². The predicted octanol–water partition coefficient (Wildman–Crippen LogP) is -0.783. The molecule has 16 heavy (non-hydrogen) atoms. The van der Waals surface area contributed by atoms with Crippen LogP contribution in [-0.2, 0) is 11.8 Å². The molecule has 0 amide bonds. The minimum Gasteiger partial charge on any atom is -0.394 e. The zero-order chi connectivity index (χ0) is 11.7. The summed E-state index contributed by atoms with van der Waals surface area (Å²) in [5.41, 5.74) is -0.728. The summed E-state index contributed by atoms with van der Waals surface area (Å²) in [5, 5.41) is 8.93. The highest BCUT2D eigenvalue weighted by atomic mass is 16.5. The van der Waals surface area contributed by atoms with Crippen LogP contribution in [0.1, 0.15) is 19.1 Å². The Morgan fingerprint density at radius 3 is 2.88 bits per heavy atom. The Labute approximate surface area is 91.7 Å². The maximum Gasteiger partial charge on any atom is 0.332 e. The van der Waals surface area contributed by atoms with Crippen LogP contribution < -0.4 is 11.2 Å². The van der Waals surface area contributed by atoms with Crippen LogP contribution in [-0.4, -0.2) is 27.0 Å². The van der Waals surface area contributed by atoms with Gasteiger partial charge in [0.1, 0.15) is 6.23 Å². The Hall–Kier alpha value is -1.40. The van der Waals surface area contributed by atoms with Crippen molar-refractivity contribution in [3.63, 3.8) is 0 Å². The number of aliphatic hydroxyl groups is 1. The number of hydrogen-bond acceptors (Lipinski definition) is 4. The second-order valence-corrected chi connectivity index (χ2v) is 3.88. The third-order valence-corrected chi connectivity index (χ3v) is 2.82. The quantitative estimate of drug-likeness (QED) is 0.717. The van der Waals surface area contributed by atoms with E-state index in [1.165, 1.54) is 23.9 Å². The maximum absolute atomic E-state index is 11.8. The summed E-state index contributed by atoms with van der Waals surface area (Å²) < 4.78 is 7.89. The molecular formula is C10H14N2O4. The first-order valence-electron chi connectivity index (χ1n) is 5.18. The van der Waals surface area contributed by atoms with E-state index >= 15 is 0 Å². The van der Waals surface area contributed by atoms with Crippen LogP contribution in [0.4, 0.5) is 0 Å². The van der Waals surface area contributed by atoms with E-state index in [0.29, 0.717) is 6.42 Å². The molecule has 0 aliphatic carbocycles. The lowest BCUT2D eigenvalue weighted by molar-refractivity contribution is -0.0251. The molecule has 2 atom stereocenters. The van der Waals surface area contributed by atoms with Crippen molar-refractivity contribution in [3.05, 3.63) is 33.1 Å². The number of nitrogens with zero attached hydrogens (tertiary/aromatic N) is 2. The van der Waals surface area contributed by atoms with Crippen LogP contribution in [0.2, 0.25) is 0 Å². The van der Waals surface area contributed by atoms with E-state index in [1.54, 1.807) is 0 Å². The number of aliphatic hydroxyl groups excluding tert-OH is 1. The molecule has 1 unspecified atom stereocenters. The largest absolute Gasteiger partial charge is 0.394 e. The zero-order valence-electron chi connectivity index (χ0n) is 9.00. The molecule has 0 spiro atoms. The van der Waals surface area contributed by atoms with E-state index in [-0.39, 0.29) is 24.5 Å². The van der Waals surface area contributed by atoms with Crippen LogP contribution in [0.5, 0.6) is 0 Å². The summed E-state index contributed by atoms with van der Waals surface area (Å²) in [4.78, 5) is 23.0. The van der Waals surface area contributed by atoms with Gasteiger partial charge in [0, 0.05) is 19.3 Å². The molecule has 1 fully saturated rings. The molecule has 0 saturated carbocycles. The molecule has 6 heteroatoms. The maximum atomic E-state index is 11.8. The van der Waals surface area contributed by atoms with E-state index in [1.807, 2.05) is 0 Å².